The summed E-state index contributed by atoms with van der Waals surface area (Å²) in [4.78, 5) is 6.42. The molecule has 0 unspecified atom stereocenters. The molecular weight excluding hydrogens is 291 g/mol. The van der Waals surface area contributed by atoms with Gasteiger partial charge >= 0.3 is 0 Å². The highest BCUT2D eigenvalue weighted by atomic mass is 35.5. The Morgan fingerprint density at radius 3 is 2.45 bits per heavy atom. The average Bonchev–Trinajstić information content (AvgIpc) is 2.46. The Morgan fingerprint density at radius 2 is 1.80 bits per heavy atom. The van der Waals surface area contributed by atoms with Crippen molar-refractivity contribution in [2.24, 2.45) is 0 Å². The van der Waals surface area contributed by atoms with Crippen LogP contribution in [0.3, 0.4) is 0 Å². The first-order chi connectivity index (χ1) is 9.70. The van der Waals surface area contributed by atoms with Crippen molar-refractivity contribution < 1.29 is 0 Å². The normalized spacial score (nSPS) is 10.6. The lowest BCUT2D eigenvalue weighted by molar-refractivity contribution is 0.715. The minimum Gasteiger partial charge on any atom is -0.367 e. The number of hydrogen-bond acceptors (Lipinski definition) is 2. The highest BCUT2D eigenvalue weighted by Gasteiger charge is 2.10. The van der Waals surface area contributed by atoms with Gasteiger partial charge in [0.05, 0.1) is 0 Å². The predicted octanol–water partition coefficient (Wildman–Crippen LogP) is 5.20. The smallest absolute Gasteiger partial charge is 0.135 e. The van der Waals surface area contributed by atoms with Crippen molar-refractivity contribution in [2.45, 2.75) is 26.3 Å². The van der Waals surface area contributed by atoms with Crippen molar-refractivity contribution in [3.05, 3.63) is 58.3 Å². The molecule has 0 amide bonds. The van der Waals surface area contributed by atoms with Crippen LogP contribution in [-0.4, -0.2) is 11.5 Å². The number of pyridine rings is 1. The van der Waals surface area contributed by atoms with Gasteiger partial charge in [0, 0.05) is 24.3 Å². The molecule has 1 aromatic carbocycles. The van der Waals surface area contributed by atoms with Crippen LogP contribution in [0.5, 0.6) is 0 Å². The summed E-state index contributed by atoms with van der Waals surface area (Å²) in [6.07, 6.45) is 2.31. The van der Waals surface area contributed by atoms with Crippen LogP contribution in [0.4, 0.5) is 5.69 Å². The summed E-state index contributed by atoms with van der Waals surface area (Å²) >= 11 is 12.0. The van der Waals surface area contributed by atoms with E-state index in [0.717, 1.165) is 31.5 Å². The molecule has 0 fully saturated rings. The van der Waals surface area contributed by atoms with Crippen molar-refractivity contribution in [3.63, 3.8) is 0 Å². The first-order valence-corrected chi connectivity index (χ1v) is 7.57. The first kappa shape index (κ1) is 15.1. The fourth-order valence-corrected chi connectivity index (χ4v) is 2.46. The fraction of sp³-hybridized carbons (Fsp3) is 0.312. The maximum absolute atomic E-state index is 6.17. The number of anilines is 1. The van der Waals surface area contributed by atoms with Crippen molar-refractivity contribution >= 4 is 28.9 Å². The van der Waals surface area contributed by atoms with Gasteiger partial charge in [-0.2, -0.15) is 0 Å². The molecule has 0 aliphatic heterocycles. The van der Waals surface area contributed by atoms with Crippen LogP contribution in [0.25, 0.3) is 0 Å². The summed E-state index contributed by atoms with van der Waals surface area (Å²) in [5.74, 6) is 0. The zero-order valence-electron chi connectivity index (χ0n) is 11.5. The van der Waals surface area contributed by atoms with E-state index in [-0.39, 0.29) is 0 Å². The standard InChI is InChI=1S/C16H18Cl2N2/c1-2-3-11-20(14-7-5-4-6-8-14)12-13-9-10-15(17)19-16(13)18/h4-10H,2-3,11-12H2,1H3. The van der Waals surface area contributed by atoms with Gasteiger partial charge in [0.25, 0.3) is 0 Å². The van der Waals surface area contributed by atoms with E-state index in [2.05, 4.69) is 41.1 Å². The first-order valence-electron chi connectivity index (χ1n) is 6.81. The zero-order chi connectivity index (χ0) is 14.4. The van der Waals surface area contributed by atoms with Crippen LogP contribution in [0.1, 0.15) is 25.3 Å². The lowest BCUT2D eigenvalue weighted by atomic mass is 10.2. The summed E-state index contributed by atoms with van der Waals surface area (Å²) in [5.41, 5.74) is 2.20. The maximum atomic E-state index is 6.17. The third-order valence-electron chi connectivity index (χ3n) is 3.16. The Bertz CT molecular complexity index is 543. The molecule has 1 heterocycles. The topological polar surface area (TPSA) is 16.1 Å². The Hall–Kier alpha value is -1.25. The second-order valence-corrected chi connectivity index (χ2v) is 5.44. The third-order valence-corrected chi connectivity index (χ3v) is 3.69. The van der Waals surface area contributed by atoms with Crippen molar-refractivity contribution in [1.29, 1.82) is 0 Å². The molecule has 0 N–H and O–H groups in total. The number of aromatic nitrogens is 1. The largest absolute Gasteiger partial charge is 0.367 e. The molecule has 0 bridgehead atoms. The van der Waals surface area contributed by atoms with E-state index in [4.69, 9.17) is 23.2 Å². The molecule has 4 heteroatoms. The number of hydrogen-bond donors (Lipinski definition) is 0. The van der Waals surface area contributed by atoms with E-state index in [0.29, 0.717) is 10.3 Å². The van der Waals surface area contributed by atoms with Crippen LogP contribution < -0.4 is 4.90 Å². The van der Waals surface area contributed by atoms with E-state index in [1.165, 1.54) is 5.69 Å². The molecule has 0 saturated heterocycles. The summed E-state index contributed by atoms with van der Waals surface area (Å²) < 4.78 is 0. The Kier molecular flexibility index (Phi) is 5.69. The number of benzene rings is 1. The number of para-hydroxylation sites is 1. The van der Waals surface area contributed by atoms with E-state index in [1.54, 1.807) is 6.07 Å². The van der Waals surface area contributed by atoms with Gasteiger partial charge in [-0.25, -0.2) is 4.98 Å². The van der Waals surface area contributed by atoms with Crippen LogP contribution in [0, 0.1) is 0 Å². The van der Waals surface area contributed by atoms with Crippen molar-refractivity contribution in [1.82, 2.24) is 4.98 Å². The van der Waals surface area contributed by atoms with E-state index in [1.807, 2.05) is 12.1 Å². The molecule has 0 atom stereocenters. The van der Waals surface area contributed by atoms with Crippen LogP contribution in [0.15, 0.2) is 42.5 Å². The quantitative estimate of drug-likeness (QED) is 0.682. The van der Waals surface area contributed by atoms with E-state index >= 15 is 0 Å². The summed E-state index contributed by atoms with van der Waals surface area (Å²) in [6, 6.07) is 14.1. The maximum Gasteiger partial charge on any atom is 0.135 e. The zero-order valence-corrected chi connectivity index (χ0v) is 13.0. The van der Waals surface area contributed by atoms with Crippen LogP contribution >= 0.6 is 23.2 Å². The lowest BCUT2D eigenvalue weighted by Gasteiger charge is -2.25. The molecule has 0 saturated carbocycles. The highest BCUT2D eigenvalue weighted by Crippen LogP contribution is 2.22. The van der Waals surface area contributed by atoms with Crippen LogP contribution in [0.2, 0.25) is 10.3 Å². The number of nitrogens with zero attached hydrogens (tertiary/aromatic N) is 2. The van der Waals surface area contributed by atoms with Crippen molar-refractivity contribution in [2.75, 3.05) is 11.4 Å². The summed E-state index contributed by atoms with van der Waals surface area (Å²) in [6.45, 7) is 3.94. The molecule has 0 aliphatic rings. The van der Waals surface area contributed by atoms with Gasteiger partial charge < -0.3 is 4.90 Å². The van der Waals surface area contributed by atoms with E-state index in [9.17, 15) is 0 Å². The van der Waals surface area contributed by atoms with Crippen molar-refractivity contribution in [3.8, 4) is 0 Å². The number of halogens is 2. The SMILES string of the molecule is CCCCN(Cc1ccc(Cl)nc1Cl)c1ccccc1. The Morgan fingerprint density at radius 1 is 1.05 bits per heavy atom. The molecule has 1 aromatic heterocycles. The molecule has 0 radical (unpaired) electrons. The molecule has 106 valence electrons. The second-order valence-electron chi connectivity index (χ2n) is 4.69. The highest BCUT2D eigenvalue weighted by molar-refractivity contribution is 6.32. The van der Waals surface area contributed by atoms with Gasteiger partial charge in [0.2, 0.25) is 0 Å². The van der Waals surface area contributed by atoms with Gasteiger partial charge in [-0.3, -0.25) is 0 Å². The van der Waals surface area contributed by atoms with Crippen LogP contribution in [-0.2, 0) is 6.54 Å². The second kappa shape index (κ2) is 7.51. The lowest BCUT2D eigenvalue weighted by Crippen LogP contribution is -2.24. The molecular formula is C16H18Cl2N2. The average molecular weight is 309 g/mol. The number of rotatable bonds is 6. The minimum atomic E-state index is 0.429. The number of unbranched alkanes of at least 4 members (excludes halogenated alkanes) is 1. The molecule has 2 aromatic rings. The van der Waals surface area contributed by atoms with Gasteiger partial charge in [-0.1, -0.05) is 60.8 Å². The molecule has 2 nitrogen and oxygen atoms in total. The van der Waals surface area contributed by atoms with Gasteiger partial charge in [-0.15, -0.1) is 0 Å². The van der Waals surface area contributed by atoms with E-state index < -0.39 is 0 Å². The fourth-order valence-electron chi connectivity index (χ4n) is 2.05. The summed E-state index contributed by atoms with van der Waals surface area (Å²) in [5, 5.41) is 0.911. The Balaban J connectivity index is 2.19. The molecule has 2 rings (SSSR count). The summed E-state index contributed by atoms with van der Waals surface area (Å²) in [7, 11) is 0. The molecule has 0 aliphatic carbocycles. The van der Waals surface area contributed by atoms with Gasteiger partial charge in [0.1, 0.15) is 10.3 Å². The van der Waals surface area contributed by atoms with Gasteiger partial charge in [-0.05, 0) is 24.6 Å². The monoisotopic (exact) mass is 308 g/mol. The third kappa shape index (κ3) is 4.12. The Labute approximate surface area is 130 Å². The molecule has 0 spiro atoms. The predicted molar refractivity (Wildman–Crippen MR) is 86.7 cm³/mol. The van der Waals surface area contributed by atoms with Gasteiger partial charge in [0.15, 0.2) is 0 Å². The minimum absolute atomic E-state index is 0.429. The molecule has 20 heavy (non-hydrogen) atoms.